The molecule has 23 heavy (non-hydrogen) atoms. The maximum absolute atomic E-state index is 12.5. The van der Waals surface area contributed by atoms with Crippen molar-refractivity contribution in [2.75, 3.05) is 19.6 Å². The number of benzene rings is 1. The van der Waals surface area contributed by atoms with Gasteiger partial charge >= 0.3 is 0 Å². The lowest BCUT2D eigenvalue weighted by Crippen LogP contribution is -2.47. The number of piperidine rings is 1. The van der Waals surface area contributed by atoms with Gasteiger partial charge in [0.05, 0.1) is 6.54 Å². The molecule has 1 fully saturated rings. The van der Waals surface area contributed by atoms with Crippen LogP contribution in [0.3, 0.4) is 0 Å². The molecule has 1 aliphatic rings. The van der Waals surface area contributed by atoms with Gasteiger partial charge in [-0.15, -0.1) is 0 Å². The standard InChI is InChI=1S/C18H27N3O2/c1-14(2)21(12-15-6-4-3-5-7-15)13-17(22)20-10-8-16(9-11-20)18(19)23/h3-7,14,16H,8-13H2,1-2H3,(H2,19,23). The summed E-state index contributed by atoms with van der Waals surface area (Å²) in [5, 5.41) is 0. The SMILES string of the molecule is CC(C)N(CC(=O)N1CCC(C(N)=O)CC1)Cc1ccccc1. The van der Waals surface area contributed by atoms with E-state index >= 15 is 0 Å². The molecular weight excluding hydrogens is 290 g/mol. The second-order valence-electron chi connectivity index (χ2n) is 6.54. The first-order valence-electron chi connectivity index (χ1n) is 8.32. The fourth-order valence-electron chi connectivity index (χ4n) is 2.93. The molecule has 2 amide bonds. The van der Waals surface area contributed by atoms with Gasteiger partial charge in [-0.2, -0.15) is 0 Å². The van der Waals surface area contributed by atoms with Crippen LogP contribution in [0.1, 0.15) is 32.3 Å². The predicted octanol–water partition coefficient (Wildman–Crippen LogP) is 1.62. The number of likely N-dealkylation sites (tertiary alicyclic amines) is 1. The molecule has 1 aliphatic heterocycles. The van der Waals surface area contributed by atoms with Crippen LogP contribution in [-0.2, 0) is 16.1 Å². The van der Waals surface area contributed by atoms with Crippen molar-refractivity contribution in [3.05, 3.63) is 35.9 Å². The summed E-state index contributed by atoms with van der Waals surface area (Å²) >= 11 is 0. The Morgan fingerprint density at radius 1 is 1.22 bits per heavy atom. The maximum Gasteiger partial charge on any atom is 0.236 e. The third-order valence-electron chi connectivity index (χ3n) is 4.55. The number of carbonyl (C=O) groups excluding carboxylic acids is 2. The molecule has 5 nitrogen and oxygen atoms in total. The number of amides is 2. The molecule has 0 unspecified atom stereocenters. The summed E-state index contributed by atoms with van der Waals surface area (Å²) in [5.74, 6) is -0.188. The molecule has 0 spiro atoms. The van der Waals surface area contributed by atoms with Crippen LogP contribution in [0.4, 0.5) is 0 Å². The van der Waals surface area contributed by atoms with E-state index < -0.39 is 0 Å². The summed E-state index contributed by atoms with van der Waals surface area (Å²) in [4.78, 5) is 27.8. The van der Waals surface area contributed by atoms with Crippen LogP contribution in [0.15, 0.2) is 30.3 Å². The number of rotatable bonds is 6. The number of nitrogens with zero attached hydrogens (tertiary/aromatic N) is 2. The van der Waals surface area contributed by atoms with Crippen molar-refractivity contribution in [2.45, 2.75) is 39.3 Å². The summed E-state index contributed by atoms with van der Waals surface area (Å²) in [7, 11) is 0. The highest BCUT2D eigenvalue weighted by Crippen LogP contribution is 2.17. The zero-order valence-corrected chi connectivity index (χ0v) is 14.1. The van der Waals surface area contributed by atoms with E-state index in [4.69, 9.17) is 5.73 Å². The highest BCUT2D eigenvalue weighted by atomic mass is 16.2. The van der Waals surface area contributed by atoms with E-state index in [-0.39, 0.29) is 17.7 Å². The summed E-state index contributed by atoms with van der Waals surface area (Å²) in [5.41, 5.74) is 6.55. The first kappa shape index (κ1) is 17.5. The van der Waals surface area contributed by atoms with Gasteiger partial charge in [0, 0.05) is 31.6 Å². The molecule has 2 rings (SSSR count). The molecule has 1 saturated heterocycles. The van der Waals surface area contributed by atoms with E-state index in [1.807, 2.05) is 23.1 Å². The molecule has 1 aromatic rings. The third-order valence-corrected chi connectivity index (χ3v) is 4.55. The Labute approximate surface area is 138 Å². The summed E-state index contributed by atoms with van der Waals surface area (Å²) in [6.45, 7) is 6.65. The van der Waals surface area contributed by atoms with Crippen molar-refractivity contribution in [3.63, 3.8) is 0 Å². The van der Waals surface area contributed by atoms with Gasteiger partial charge in [0.25, 0.3) is 0 Å². The molecule has 0 atom stereocenters. The quantitative estimate of drug-likeness (QED) is 0.867. The van der Waals surface area contributed by atoms with Crippen LogP contribution in [0, 0.1) is 5.92 Å². The van der Waals surface area contributed by atoms with Gasteiger partial charge in [0.15, 0.2) is 0 Å². The van der Waals surface area contributed by atoms with Crippen LogP contribution in [0.5, 0.6) is 0 Å². The molecule has 0 radical (unpaired) electrons. The van der Waals surface area contributed by atoms with Crippen LogP contribution in [0.25, 0.3) is 0 Å². The first-order valence-corrected chi connectivity index (χ1v) is 8.32. The number of nitrogens with two attached hydrogens (primary N) is 1. The minimum atomic E-state index is -0.245. The molecular formula is C18H27N3O2. The van der Waals surface area contributed by atoms with E-state index in [0.29, 0.717) is 38.5 Å². The van der Waals surface area contributed by atoms with Crippen molar-refractivity contribution in [1.29, 1.82) is 0 Å². The monoisotopic (exact) mass is 317 g/mol. The summed E-state index contributed by atoms with van der Waals surface area (Å²) in [6, 6.07) is 10.5. The van der Waals surface area contributed by atoms with E-state index in [1.165, 1.54) is 5.56 Å². The topological polar surface area (TPSA) is 66.6 Å². The van der Waals surface area contributed by atoms with Gasteiger partial charge < -0.3 is 10.6 Å². The Balaban J connectivity index is 1.90. The van der Waals surface area contributed by atoms with Crippen LogP contribution >= 0.6 is 0 Å². The van der Waals surface area contributed by atoms with E-state index in [0.717, 1.165) is 6.54 Å². The molecule has 0 bridgehead atoms. The molecule has 1 aromatic carbocycles. The lowest BCUT2D eigenvalue weighted by atomic mass is 9.96. The van der Waals surface area contributed by atoms with Crippen molar-refractivity contribution >= 4 is 11.8 Å². The van der Waals surface area contributed by atoms with Gasteiger partial charge in [-0.1, -0.05) is 30.3 Å². The minimum absolute atomic E-state index is 0.0791. The summed E-state index contributed by atoms with van der Waals surface area (Å²) < 4.78 is 0. The molecule has 5 heteroatoms. The Kier molecular flexibility index (Phi) is 6.16. The van der Waals surface area contributed by atoms with E-state index in [2.05, 4.69) is 30.9 Å². The highest BCUT2D eigenvalue weighted by molar-refractivity contribution is 5.80. The third kappa shape index (κ3) is 5.06. The average molecular weight is 317 g/mol. The smallest absolute Gasteiger partial charge is 0.236 e. The lowest BCUT2D eigenvalue weighted by Gasteiger charge is -2.33. The highest BCUT2D eigenvalue weighted by Gasteiger charge is 2.27. The Hall–Kier alpha value is -1.88. The van der Waals surface area contributed by atoms with Crippen molar-refractivity contribution < 1.29 is 9.59 Å². The van der Waals surface area contributed by atoms with Crippen molar-refractivity contribution in [3.8, 4) is 0 Å². The second kappa shape index (κ2) is 8.11. The van der Waals surface area contributed by atoms with Gasteiger partial charge in [0.2, 0.25) is 11.8 Å². The van der Waals surface area contributed by atoms with Crippen LogP contribution in [0.2, 0.25) is 0 Å². The molecule has 0 saturated carbocycles. The predicted molar refractivity (Wildman–Crippen MR) is 90.5 cm³/mol. The fraction of sp³-hybridized carbons (Fsp3) is 0.556. The first-order chi connectivity index (χ1) is 11.0. The van der Waals surface area contributed by atoms with Crippen molar-refractivity contribution in [1.82, 2.24) is 9.80 Å². The number of hydrogen-bond donors (Lipinski definition) is 1. The zero-order chi connectivity index (χ0) is 16.8. The largest absolute Gasteiger partial charge is 0.369 e. The fourth-order valence-corrected chi connectivity index (χ4v) is 2.93. The van der Waals surface area contributed by atoms with E-state index in [9.17, 15) is 9.59 Å². The number of carbonyl (C=O) groups is 2. The van der Waals surface area contributed by atoms with Crippen molar-refractivity contribution in [2.24, 2.45) is 11.7 Å². The summed E-state index contributed by atoms with van der Waals surface area (Å²) in [6.07, 6.45) is 1.36. The molecule has 2 N–H and O–H groups in total. The molecule has 0 aliphatic carbocycles. The van der Waals surface area contributed by atoms with Gasteiger partial charge in [-0.25, -0.2) is 0 Å². The Bertz CT molecular complexity index is 522. The Morgan fingerprint density at radius 2 is 1.83 bits per heavy atom. The maximum atomic E-state index is 12.5. The molecule has 0 aromatic heterocycles. The minimum Gasteiger partial charge on any atom is -0.369 e. The van der Waals surface area contributed by atoms with Gasteiger partial charge in [-0.05, 0) is 32.3 Å². The second-order valence-corrected chi connectivity index (χ2v) is 6.54. The van der Waals surface area contributed by atoms with Gasteiger partial charge in [0.1, 0.15) is 0 Å². The Morgan fingerprint density at radius 3 is 2.35 bits per heavy atom. The van der Waals surface area contributed by atoms with Crippen LogP contribution < -0.4 is 5.73 Å². The van der Waals surface area contributed by atoms with Crippen LogP contribution in [-0.4, -0.2) is 47.3 Å². The molecule has 126 valence electrons. The van der Waals surface area contributed by atoms with E-state index in [1.54, 1.807) is 0 Å². The number of hydrogen-bond acceptors (Lipinski definition) is 3. The lowest BCUT2D eigenvalue weighted by molar-refractivity contribution is -0.136. The van der Waals surface area contributed by atoms with Gasteiger partial charge in [-0.3, -0.25) is 14.5 Å². The molecule has 1 heterocycles. The number of primary amides is 1. The average Bonchev–Trinajstić information content (AvgIpc) is 2.55. The normalized spacial score (nSPS) is 16.1. The zero-order valence-electron chi connectivity index (χ0n) is 14.1.